The Bertz CT molecular complexity index is 2530. The van der Waals surface area contributed by atoms with Crippen LogP contribution in [0.15, 0.2) is 73.1 Å². The Balaban J connectivity index is 0.969. The number of nitrogens with one attached hydrogen (secondary N) is 4. The summed E-state index contributed by atoms with van der Waals surface area (Å²) in [6.45, 7) is 14.8. The topological polar surface area (TPSA) is 175 Å². The van der Waals surface area contributed by atoms with Crippen LogP contribution in [0.4, 0.5) is 9.59 Å². The molecule has 3 aliphatic rings. The van der Waals surface area contributed by atoms with E-state index < -0.39 is 24.3 Å². The highest BCUT2D eigenvalue weighted by molar-refractivity contribution is 5.91. The molecule has 3 aromatic carbocycles. The second-order valence-electron chi connectivity index (χ2n) is 19.1. The molecule has 2 saturated heterocycles. The number of H-pyrrole nitrogens is 2. The Morgan fingerprint density at radius 1 is 0.698 bits per heavy atom. The summed E-state index contributed by atoms with van der Waals surface area (Å²) >= 11 is 0. The van der Waals surface area contributed by atoms with Gasteiger partial charge in [0.05, 0.1) is 50.1 Å². The van der Waals surface area contributed by atoms with Crippen molar-refractivity contribution < 1.29 is 28.7 Å². The van der Waals surface area contributed by atoms with Crippen LogP contribution in [-0.2, 0) is 19.1 Å². The lowest BCUT2D eigenvalue weighted by Crippen LogP contribution is -2.52. The molecule has 14 heteroatoms. The van der Waals surface area contributed by atoms with Gasteiger partial charge in [-0.05, 0) is 87.9 Å². The van der Waals surface area contributed by atoms with Crippen molar-refractivity contribution in [1.29, 1.82) is 0 Å². The maximum absolute atomic E-state index is 14.0. The number of hydrogen-bond acceptors (Lipinski definition) is 8. The lowest BCUT2D eigenvalue weighted by molar-refractivity contribution is -0.137. The molecule has 1 aliphatic carbocycles. The zero-order valence-corrected chi connectivity index (χ0v) is 37.7. The first-order valence-corrected chi connectivity index (χ1v) is 22.1. The van der Waals surface area contributed by atoms with Crippen molar-refractivity contribution in [2.45, 2.75) is 104 Å². The third-order valence-corrected chi connectivity index (χ3v) is 13.9. The van der Waals surface area contributed by atoms with Gasteiger partial charge in [-0.1, -0.05) is 97.0 Å². The van der Waals surface area contributed by atoms with E-state index in [0.717, 1.165) is 81.7 Å². The van der Waals surface area contributed by atoms with E-state index in [1.807, 2.05) is 49.9 Å². The van der Waals surface area contributed by atoms with Gasteiger partial charge >= 0.3 is 12.2 Å². The third kappa shape index (κ3) is 8.39. The molecule has 4 N–H and O–H groups in total. The quantitative estimate of drug-likeness (QED) is 0.0963. The molecule has 8 rings (SSSR count). The highest BCUT2D eigenvalue weighted by Gasteiger charge is 2.64. The molecule has 0 bridgehead atoms. The van der Waals surface area contributed by atoms with Gasteiger partial charge in [0.1, 0.15) is 23.7 Å². The molecular weight excluding hydrogens is 797 g/mol. The van der Waals surface area contributed by atoms with Crippen molar-refractivity contribution in [3.8, 4) is 33.6 Å². The summed E-state index contributed by atoms with van der Waals surface area (Å²) in [4.78, 5) is 72.8. The molecule has 0 spiro atoms. The molecule has 5 aromatic rings. The summed E-state index contributed by atoms with van der Waals surface area (Å²) in [5, 5.41) is 7.70. The zero-order valence-electron chi connectivity index (χ0n) is 37.7. The fraction of sp³-hybridized carbons (Fsp3) is 0.469. The number of rotatable bonds is 12. The van der Waals surface area contributed by atoms with Crippen LogP contribution in [0.2, 0.25) is 0 Å². The molecule has 14 nitrogen and oxygen atoms in total. The van der Waals surface area contributed by atoms with Crippen molar-refractivity contribution in [2.24, 2.45) is 22.7 Å². The lowest BCUT2D eigenvalue weighted by Gasteiger charge is -2.31. The number of aromatic amines is 2. The molecule has 2 aliphatic heterocycles. The van der Waals surface area contributed by atoms with Crippen LogP contribution in [0.3, 0.4) is 0 Å². The van der Waals surface area contributed by atoms with Crippen molar-refractivity contribution in [3.05, 3.63) is 84.7 Å². The monoisotopic (exact) mass is 856 g/mol. The van der Waals surface area contributed by atoms with Crippen molar-refractivity contribution in [2.75, 3.05) is 20.8 Å². The van der Waals surface area contributed by atoms with E-state index in [9.17, 15) is 19.2 Å². The molecule has 0 unspecified atom stereocenters. The number of piperidine rings is 1. The van der Waals surface area contributed by atoms with E-state index in [-0.39, 0.29) is 52.6 Å². The van der Waals surface area contributed by atoms with Crippen LogP contribution in [0, 0.1) is 22.7 Å². The fourth-order valence-corrected chi connectivity index (χ4v) is 9.70. The normalized spacial score (nSPS) is 23.8. The van der Waals surface area contributed by atoms with Crippen LogP contribution in [0.25, 0.3) is 44.4 Å². The highest BCUT2D eigenvalue weighted by atomic mass is 16.5. The van der Waals surface area contributed by atoms with E-state index in [4.69, 9.17) is 19.4 Å². The Labute approximate surface area is 368 Å². The van der Waals surface area contributed by atoms with E-state index in [1.54, 1.807) is 0 Å². The van der Waals surface area contributed by atoms with Gasteiger partial charge in [0.15, 0.2) is 0 Å². The van der Waals surface area contributed by atoms with Gasteiger partial charge in [0.2, 0.25) is 11.8 Å². The van der Waals surface area contributed by atoms with Crippen LogP contribution < -0.4 is 10.6 Å². The number of amides is 4. The number of imidazole rings is 2. The predicted octanol–water partition coefficient (Wildman–Crippen LogP) is 8.79. The molecule has 4 heterocycles. The highest BCUT2D eigenvalue weighted by Crippen LogP contribution is 2.63. The summed E-state index contributed by atoms with van der Waals surface area (Å²) < 4.78 is 9.66. The molecule has 0 radical (unpaired) electrons. The van der Waals surface area contributed by atoms with Gasteiger partial charge in [-0.15, -0.1) is 0 Å². The number of nitrogens with zero attached hydrogens (tertiary/aromatic N) is 4. The number of methoxy groups -OCH3 is 2. The van der Waals surface area contributed by atoms with Gasteiger partial charge in [-0.3, -0.25) is 9.59 Å². The minimum atomic E-state index is -0.714. The van der Waals surface area contributed by atoms with E-state index in [0.29, 0.717) is 6.54 Å². The first-order chi connectivity index (χ1) is 30.0. The maximum atomic E-state index is 14.0. The van der Waals surface area contributed by atoms with Gasteiger partial charge in [0, 0.05) is 18.2 Å². The molecule has 63 heavy (non-hydrogen) atoms. The van der Waals surface area contributed by atoms with E-state index in [1.165, 1.54) is 14.2 Å². The third-order valence-electron chi connectivity index (χ3n) is 13.9. The Hall–Kier alpha value is -6.18. The van der Waals surface area contributed by atoms with E-state index >= 15 is 0 Å². The summed E-state index contributed by atoms with van der Waals surface area (Å²) in [6.07, 6.45) is 5.85. The second-order valence-corrected chi connectivity index (χ2v) is 19.1. The number of fused-ring (bicyclic) bond motifs is 2. The first-order valence-electron chi connectivity index (χ1n) is 22.1. The number of carbonyl (C=O) groups excluding carboxylic acids is 4. The largest absolute Gasteiger partial charge is 0.453 e. The minimum Gasteiger partial charge on any atom is -0.453 e. The molecule has 332 valence electrons. The van der Waals surface area contributed by atoms with Crippen LogP contribution in [0.1, 0.15) is 97.9 Å². The molecular formula is C49H60N8O6. The Morgan fingerprint density at radius 3 is 1.78 bits per heavy atom. The number of likely N-dealkylation sites (tertiary alicyclic amines) is 2. The summed E-state index contributed by atoms with van der Waals surface area (Å²) in [5.74, 6) is 0.995. The Kier molecular flexibility index (Phi) is 11.6. The molecule has 2 aromatic heterocycles. The number of ether oxygens (including phenoxy) is 2. The molecule has 1 saturated carbocycles. The lowest BCUT2D eigenvalue weighted by atomic mass is 9.85. The fourth-order valence-electron chi connectivity index (χ4n) is 9.70. The number of aromatic nitrogens is 4. The van der Waals surface area contributed by atoms with E-state index in [2.05, 4.69) is 102 Å². The number of carbonyl (C=O) groups is 4. The smallest absolute Gasteiger partial charge is 0.407 e. The summed E-state index contributed by atoms with van der Waals surface area (Å²) in [7, 11) is 2.61. The standard InChI is InChI=1S/C49H60N8O6/c1-10-48(6)21-37(56(26-48)44(58)40(27(2)3)54-46(60)62-8)42-50-24-35(52-42)30-13-11-29(12-14-30)31-15-16-33-20-34(18-17-32(33)19-31)36-25-51-43(53-36)38-22-49(7)23-39(49)57(38)45(59)41(28(4)5)55-47(61)63-9/h11-20,24-25,27-28,37-41H,10,21-23,26H2,1-9H3,(H,50,52)(H,51,53)(H,54,60)(H,55,61)/t37-,38-,39+,40-,41-,48+,49-/m0/s1. The van der Waals surface area contributed by atoms with Crippen molar-refractivity contribution in [3.63, 3.8) is 0 Å². The minimum absolute atomic E-state index is 0.0342. The van der Waals surface area contributed by atoms with Crippen LogP contribution >= 0.6 is 0 Å². The zero-order chi connectivity index (χ0) is 45.0. The van der Waals surface area contributed by atoms with Crippen molar-refractivity contribution >= 4 is 34.8 Å². The molecule has 3 fully saturated rings. The first kappa shape index (κ1) is 43.5. The van der Waals surface area contributed by atoms with Crippen LogP contribution in [0.5, 0.6) is 0 Å². The van der Waals surface area contributed by atoms with Crippen LogP contribution in [-0.4, -0.2) is 92.6 Å². The maximum Gasteiger partial charge on any atom is 0.407 e. The average molecular weight is 857 g/mol. The van der Waals surface area contributed by atoms with Gasteiger partial charge < -0.3 is 39.9 Å². The van der Waals surface area contributed by atoms with Crippen molar-refractivity contribution in [1.82, 2.24) is 40.4 Å². The number of hydrogen-bond donors (Lipinski definition) is 4. The van der Waals surface area contributed by atoms with Gasteiger partial charge in [-0.25, -0.2) is 19.6 Å². The molecule has 4 amide bonds. The Morgan fingerprint density at radius 2 is 1.21 bits per heavy atom. The average Bonchev–Trinajstić information content (AvgIpc) is 3.84. The van der Waals surface area contributed by atoms with Gasteiger partial charge in [0.25, 0.3) is 0 Å². The predicted molar refractivity (Wildman–Crippen MR) is 241 cm³/mol. The SMILES string of the molecule is CC[C@]1(C)C[C@@H](c2ncc(-c3ccc(-c4ccc5cc(-c6cnc([C@@H]7C[C@@]8(C)C[C@H]8N7C(=O)[C@@H](NC(=O)OC)C(C)C)[nH]6)ccc5c4)cc3)[nH]2)N(C(=O)[C@@H](NC(=O)OC)C(C)C)C1. The number of alkyl carbamates (subject to hydrolysis) is 2. The molecule has 7 atom stereocenters. The van der Waals surface area contributed by atoms with Gasteiger partial charge in [-0.2, -0.15) is 0 Å². The number of benzene rings is 3. The summed E-state index contributed by atoms with van der Waals surface area (Å²) in [5.41, 5.74) is 5.84. The second kappa shape index (κ2) is 16.8. The summed E-state index contributed by atoms with van der Waals surface area (Å²) in [6, 6.07) is 19.4.